The normalized spacial score (nSPS) is 22.2. The molecule has 2 fully saturated rings. The topological polar surface area (TPSA) is 384 Å². The van der Waals surface area contributed by atoms with Crippen LogP contribution < -0.4 is 64.9 Å². The van der Waals surface area contributed by atoms with Gasteiger partial charge in [-0.15, -0.1) is 0 Å². The van der Waals surface area contributed by atoms with Crippen molar-refractivity contribution in [2.24, 2.45) is 33.8 Å². The van der Waals surface area contributed by atoms with E-state index in [9.17, 15) is 47.9 Å². The minimum absolute atomic E-state index is 0.0219. The van der Waals surface area contributed by atoms with Gasteiger partial charge in [0, 0.05) is 42.9 Å². The number of hydrogen-bond donors (Lipinski definition) is 11. The molecule has 26 heteroatoms. The number of carbonyl (C=O) groups is 10. The number of primary amides is 2. The summed E-state index contributed by atoms with van der Waals surface area (Å²) in [5.41, 5.74) is 23.1. The maximum absolute atomic E-state index is 14.9. The van der Waals surface area contributed by atoms with E-state index >= 15 is 0 Å². The maximum Gasteiger partial charge on any atom is 0.246 e. The average Bonchev–Trinajstić information content (AvgIpc) is 3.89. The summed E-state index contributed by atoms with van der Waals surface area (Å²) in [4.78, 5) is 143. The van der Waals surface area contributed by atoms with Crippen LogP contribution in [0, 0.1) is 5.92 Å². The molecule has 2 saturated heterocycles. The molecule has 0 radical (unpaired) electrons. The molecule has 2 aromatic rings. The first-order chi connectivity index (χ1) is 36.6. The first-order valence-electron chi connectivity index (χ1n) is 25.6. The van der Waals surface area contributed by atoms with Crippen LogP contribution in [0.5, 0.6) is 5.75 Å². The van der Waals surface area contributed by atoms with Gasteiger partial charge in [0.1, 0.15) is 48.0 Å². The summed E-state index contributed by atoms with van der Waals surface area (Å²) in [6.07, 6.45) is 0.852. The predicted molar refractivity (Wildman–Crippen MR) is 292 cm³/mol. The lowest BCUT2D eigenvalue weighted by Crippen LogP contribution is -2.61. The highest BCUT2D eigenvalue weighted by molar-refractivity contribution is 8.77. The molecule has 0 aromatic heterocycles. The van der Waals surface area contributed by atoms with E-state index in [0.717, 1.165) is 0 Å². The van der Waals surface area contributed by atoms with Crippen LogP contribution in [0.1, 0.15) is 90.2 Å². The van der Waals surface area contributed by atoms with E-state index in [0.29, 0.717) is 36.1 Å². The van der Waals surface area contributed by atoms with E-state index in [-0.39, 0.29) is 63.3 Å². The van der Waals surface area contributed by atoms with Gasteiger partial charge in [-0.1, -0.05) is 91.7 Å². The first kappa shape index (κ1) is 62.4. The molecule has 2 heterocycles. The Labute approximate surface area is 456 Å². The monoisotopic (exact) mass is 1110 g/mol. The fourth-order valence-corrected chi connectivity index (χ4v) is 12.1. The Balaban J connectivity index is 1.76. The van der Waals surface area contributed by atoms with Gasteiger partial charge in [-0.3, -0.25) is 52.9 Å². The molecule has 2 aliphatic heterocycles. The Morgan fingerprint density at radius 2 is 1.40 bits per heavy atom. The molecule has 7 atom stereocenters. The van der Waals surface area contributed by atoms with Crippen molar-refractivity contribution >= 4 is 86.6 Å². The summed E-state index contributed by atoms with van der Waals surface area (Å²) in [5, 5.41) is 18.8. The third kappa shape index (κ3) is 19.8. The van der Waals surface area contributed by atoms with Crippen LogP contribution in [0.25, 0.3) is 0 Å². The molecule has 0 saturated carbocycles. The van der Waals surface area contributed by atoms with Crippen LogP contribution in [-0.2, 0) is 60.8 Å². The summed E-state index contributed by atoms with van der Waals surface area (Å²) in [7, 11) is 3.98. The van der Waals surface area contributed by atoms with Crippen molar-refractivity contribution in [1.29, 1.82) is 0 Å². The number of nitrogens with two attached hydrogens (primary N) is 4. The van der Waals surface area contributed by atoms with Crippen molar-refractivity contribution in [2.75, 3.05) is 32.5 Å². The molecular formula is C51H75N13O11S2. The highest BCUT2D eigenvalue weighted by Crippen LogP contribution is 2.44. The van der Waals surface area contributed by atoms with Crippen LogP contribution in [0.2, 0.25) is 0 Å². The van der Waals surface area contributed by atoms with Crippen molar-refractivity contribution < 1.29 is 52.7 Å². The van der Waals surface area contributed by atoms with Crippen LogP contribution in [0.4, 0.5) is 0 Å². The lowest BCUT2D eigenvalue weighted by atomic mass is 9.96. The summed E-state index contributed by atoms with van der Waals surface area (Å²) < 4.78 is 4.52. The van der Waals surface area contributed by atoms with Crippen molar-refractivity contribution in [2.45, 2.75) is 139 Å². The van der Waals surface area contributed by atoms with E-state index in [1.165, 1.54) is 33.6 Å². The summed E-state index contributed by atoms with van der Waals surface area (Å²) >= 11 is 0. The van der Waals surface area contributed by atoms with E-state index in [2.05, 4.69) is 42.2 Å². The molecule has 0 unspecified atom stereocenters. The SMILES string of the molecule is CCC1(CC)CC(=O)N[C@@H](Cc2ccc(OC)cc2)C(=O)N[C@@H](Cc2ccccc2)C(=O)N[C@@H](C(C)C)C(=O)N[C@@H](CC(N)=O)C(=O)N[C@H](C(=O)N2CCC[C@H]2C(=O)N[C@H](CCCN=C(N)N)C(=O)NCC(N)=O)CSS1. The van der Waals surface area contributed by atoms with Crippen LogP contribution >= 0.6 is 21.6 Å². The van der Waals surface area contributed by atoms with Crippen molar-refractivity contribution in [1.82, 2.24) is 42.1 Å². The molecule has 10 amide bonds. The molecule has 15 N–H and O–H groups in total. The highest BCUT2D eigenvalue weighted by atomic mass is 33.1. The Hall–Kier alpha value is -7.09. The largest absolute Gasteiger partial charge is 0.497 e. The number of ether oxygens (including phenoxy) is 1. The minimum Gasteiger partial charge on any atom is -0.497 e. The van der Waals surface area contributed by atoms with Gasteiger partial charge in [-0.25, -0.2) is 0 Å². The average molecular weight is 1110 g/mol. The number of methoxy groups -OCH3 is 1. The molecular weight excluding hydrogens is 1030 g/mol. The zero-order valence-corrected chi connectivity index (χ0v) is 45.9. The molecule has 24 nitrogen and oxygen atoms in total. The van der Waals surface area contributed by atoms with Crippen LogP contribution in [0.3, 0.4) is 0 Å². The third-order valence-electron chi connectivity index (χ3n) is 13.2. The number of amides is 10. The molecule has 0 aliphatic carbocycles. The lowest BCUT2D eigenvalue weighted by molar-refractivity contribution is -0.142. The smallest absolute Gasteiger partial charge is 0.246 e. The van der Waals surface area contributed by atoms with Gasteiger partial charge in [0.2, 0.25) is 59.1 Å². The first-order valence-corrected chi connectivity index (χ1v) is 27.9. The fourth-order valence-electron chi connectivity index (χ4n) is 8.70. The van der Waals surface area contributed by atoms with Crippen molar-refractivity contribution in [3.05, 3.63) is 65.7 Å². The molecule has 2 aromatic carbocycles. The standard InChI is InChI=1S/C51H75N13O11S2/c1-6-51(7-2)26-41(67)58-34(24-31-17-19-32(75-5)20-18-31)44(69)60-35(23-30-13-9-8-10-14-30)46(71)63-42(29(3)4)48(73)61-36(25-39(52)65)45(70)62-37(28-76-77-51)49(74)64-22-12-16-38(64)47(72)59-33(15-11-21-56-50(54)55)43(68)57-27-40(53)66/h8-10,13-14,17-20,29,33-38,42H,6-7,11-12,15-16,21-28H2,1-5H3,(H2,52,65)(H2,53,66)(H,57,68)(H,58,67)(H,59,72)(H,60,69)(H,61,73)(H,62,70)(H,63,71)(H4,54,55,56)/t33-,34+,35+,36+,37+,38+,42+/m1/s1. The van der Waals surface area contributed by atoms with Crippen LogP contribution in [-0.4, -0.2) is 149 Å². The number of aliphatic imine (C=N–C) groups is 1. The van der Waals surface area contributed by atoms with Gasteiger partial charge >= 0.3 is 0 Å². The van der Waals surface area contributed by atoms with E-state index in [1.807, 2.05) is 13.8 Å². The third-order valence-corrected chi connectivity index (χ3v) is 16.6. The summed E-state index contributed by atoms with van der Waals surface area (Å²) in [5.74, 6) is -8.11. The summed E-state index contributed by atoms with van der Waals surface area (Å²) in [6.45, 7) is 6.72. The fraction of sp³-hybridized carbons (Fsp3) is 0.549. The number of hydrogen-bond acceptors (Lipinski definition) is 14. The molecule has 422 valence electrons. The van der Waals surface area contributed by atoms with Crippen molar-refractivity contribution in [3.63, 3.8) is 0 Å². The Bertz CT molecular complexity index is 2420. The van der Waals surface area contributed by atoms with Gasteiger partial charge < -0.3 is 69.8 Å². The lowest BCUT2D eigenvalue weighted by Gasteiger charge is -2.33. The molecule has 77 heavy (non-hydrogen) atoms. The van der Waals surface area contributed by atoms with Crippen LogP contribution in [0.15, 0.2) is 59.6 Å². The second kappa shape index (κ2) is 30.6. The van der Waals surface area contributed by atoms with Gasteiger partial charge in [-0.2, -0.15) is 0 Å². The van der Waals surface area contributed by atoms with E-state index in [1.54, 1.807) is 68.4 Å². The van der Waals surface area contributed by atoms with Crippen molar-refractivity contribution in [3.8, 4) is 5.75 Å². The second-order valence-corrected chi connectivity index (χ2v) is 22.1. The molecule has 2 aliphatic rings. The number of likely N-dealkylation sites (tertiary alicyclic amines) is 1. The number of nitrogens with one attached hydrogen (secondary N) is 7. The van der Waals surface area contributed by atoms with Gasteiger partial charge in [0.15, 0.2) is 5.96 Å². The predicted octanol–water partition coefficient (Wildman–Crippen LogP) is -1.09. The maximum atomic E-state index is 14.9. The number of guanidine groups is 1. The number of nitrogens with zero attached hydrogens (tertiary/aromatic N) is 2. The molecule has 0 bridgehead atoms. The van der Waals surface area contributed by atoms with Gasteiger partial charge in [0.05, 0.1) is 20.1 Å². The Morgan fingerprint density at radius 3 is 2.00 bits per heavy atom. The number of carbonyl (C=O) groups excluding carboxylic acids is 10. The molecule has 0 spiro atoms. The highest BCUT2D eigenvalue weighted by Gasteiger charge is 2.42. The Morgan fingerprint density at radius 1 is 0.792 bits per heavy atom. The summed E-state index contributed by atoms with van der Waals surface area (Å²) in [6, 6.07) is 6.55. The quantitative estimate of drug-likeness (QED) is 0.0325. The Kier molecular flexibility index (Phi) is 24.8. The number of benzene rings is 2. The minimum atomic E-state index is -1.67. The van der Waals surface area contributed by atoms with E-state index in [4.69, 9.17) is 27.7 Å². The number of rotatable bonds is 20. The van der Waals surface area contributed by atoms with E-state index < -0.39 is 125 Å². The van der Waals surface area contributed by atoms with Gasteiger partial charge in [-0.05, 0) is 67.7 Å². The van der Waals surface area contributed by atoms with Gasteiger partial charge in [0.25, 0.3) is 0 Å². The molecule has 4 rings (SSSR count). The zero-order chi connectivity index (χ0) is 56.8. The second-order valence-electron chi connectivity index (χ2n) is 19.3. The zero-order valence-electron chi connectivity index (χ0n) is 44.2.